The minimum atomic E-state index is -0.796. The van der Waals surface area contributed by atoms with Crippen LogP contribution in [0.5, 0.6) is 5.75 Å². The highest BCUT2D eigenvalue weighted by Crippen LogP contribution is 2.46. The molecule has 2 unspecified atom stereocenters. The lowest BCUT2D eigenvalue weighted by Crippen LogP contribution is -2.59. The molecule has 2 N–H and O–H groups in total. The number of aliphatic hydroxyl groups is 1. The molecular formula is C24H21Cl2NO3. The summed E-state index contributed by atoms with van der Waals surface area (Å²) in [4.78, 5) is 14.7. The van der Waals surface area contributed by atoms with Crippen molar-refractivity contribution in [1.29, 1.82) is 0 Å². The van der Waals surface area contributed by atoms with Crippen molar-refractivity contribution in [1.82, 2.24) is 0 Å². The van der Waals surface area contributed by atoms with E-state index in [1.165, 1.54) is 0 Å². The number of anilines is 1. The number of carbonyl (C=O) groups excluding carboxylic acids is 1. The average molecular weight is 442 g/mol. The minimum Gasteiger partial charge on any atom is -0.508 e. The van der Waals surface area contributed by atoms with Gasteiger partial charge < -0.3 is 15.1 Å². The molecule has 0 radical (unpaired) electrons. The van der Waals surface area contributed by atoms with E-state index in [1.807, 2.05) is 24.3 Å². The maximum Gasteiger partial charge on any atom is 0.235 e. The van der Waals surface area contributed by atoms with Gasteiger partial charge in [-0.15, -0.1) is 0 Å². The van der Waals surface area contributed by atoms with Crippen LogP contribution in [0.3, 0.4) is 0 Å². The Labute approximate surface area is 185 Å². The van der Waals surface area contributed by atoms with Crippen molar-refractivity contribution in [3.63, 3.8) is 0 Å². The van der Waals surface area contributed by atoms with Gasteiger partial charge in [-0.3, -0.25) is 4.79 Å². The maximum absolute atomic E-state index is 13.1. The van der Waals surface area contributed by atoms with Crippen molar-refractivity contribution < 1.29 is 15.0 Å². The molecular weight excluding hydrogens is 421 g/mol. The summed E-state index contributed by atoms with van der Waals surface area (Å²) >= 11 is 11.9. The first kappa shape index (κ1) is 20.7. The summed E-state index contributed by atoms with van der Waals surface area (Å²) in [6.07, 6.45) is 0.308. The van der Waals surface area contributed by atoms with Gasteiger partial charge in [0.1, 0.15) is 5.75 Å². The third-order valence-electron chi connectivity index (χ3n) is 5.54. The SMILES string of the molecule is O=C1C([C@H](O)CCc2ccc(Cl)cc2)C(c2ccc(O)cc2)N1c1ccc(Cl)cc1. The Bertz CT molecular complexity index is 1020. The Hall–Kier alpha value is -2.53. The zero-order valence-corrected chi connectivity index (χ0v) is 17.6. The molecule has 1 fully saturated rings. The highest BCUT2D eigenvalue weighted by Gasteiger charge is 2.52. The summed E-state index contributed by atoms with van der Waals surface area (Å²) in [5.74, 6) is -0.529. The molecule has 1 amide bonds. The van der Waals surface area contributed by atoms with Crippen LogP contribution in [0.15, 0.2) is 72.8 Å². The van der Waals surface area contributed by atoms with E-state index < -0.39 is 12.0 Å². The van der Waals surface area contributed by atoms with E-state index in [4.69, 9.17) is 23.2 Å². The fourth-order valence-electron chi connectivity index (χ4n) is 3.95. The zero-order valence-electron chi connectivity index (χ0n) is 16.1. The first-order valence-corrected chi connectivity index (χ1v) is 10.5. The molecule has 0 bridgehead atoms. The summed E-state index contributed by atoms with van der Waals surface area (Å²) in [5.41, 5.74) is 2.64. The number of β-lactam (4-membered cyclic amide) rings is 1. The fraction of sp³-hybridized carbons (Fsp3) is 0.208. The van der Waals surface area contributed by atoms with Gasteiger partial charge in [-0.05, 0) is 72.5 Å². The molecule has 0 spiro atoms. The smallest absolute Gasteiger partial charge is 0.235 e. The van der Waals surface area contributed by atoms with Crippen LogP contribution in [0.1, 0.15) is 23.6 Å². The van der Waals surface area contributed by atoms with Gasteiger partial charge in [0.25, 0.3) is 0 Å². The lowest BCUT2D eigenvalue weighted by atomic mass is 9.77. The molecule has 1 heterocycles. The van der Waals surface area contributed by atoms with Gasteiger partial charge in [0.15, 0.2) is 0 Å². The van der Waals surface area contributed by atoms with Gasteiger partial charge in [-0.25, -0.2) is 0 Å². The molecule has 3 aromatic carbocycles. The van der Waals surface area contributed by atoms with E-state index >= 15 is 0 Å². The van der Waals surface area contributed by atoms with E-state index in [2.05, 4.69) is 0 Å². The van der Waals surface area contributed by atoms with Crippen LogP contribution in [0.25, 0.3) is 0 Å². The number of phenolic OH excluding ortho intramolecular Hbond substituents is 1. The van der Waals surface area contributed by atoms with Crippen molar-refractivity contribution >= 4 is 34.8 Å². The van der Waals surface area contributed by atoms with Crippen LogP contribution in [-0.4, -0.2) is 22.2 Å². The van der Waals surface area contributed by atoms with E-state index in [1.54, 1.807) is 53.4 Å². The Balaban J connectivity index is 1.57. The molecule has 1 saturated heterocycles. The van der Waals surface area contributed by atoms with Gasteiger partial charge >= 0.3 is 0 Å². The molecule has 1 aliphatic rings. The highest BCUT2D eigenvalue weighted by molar-refractivity contribution is 6.30. The number of phenols is 1. The molecule has 3 atom stereocenters. The molecule has 30 heavy (non-hydrogen) atoms. The van der Waals surface area contributed by atoms with Gasteiger partial charge in [0.05, 0.1) is 18.1 Å². The maximum atomic E-state index is 13.1. The summed E-state index contributed by atoms with van der Waals surface area (Å²) in [5, 5.41) is 21.8. The monoisotopic (exact) mass is 441 g/mol. The van der Waals surface area contributed by atoms with E-state index in [-0.39, 0.29) is 17.7 Å². The number of benzene rings is 3. The van der Waals surface area contributed by atoms with Crippen LogP contribution < -0.4 is 4.90 Å². The van der Waals surface area contributed by atoms with Crippen LogP contribution in [0.2, 0.25) is 10.0 Å². The standard InChI is InChI=1S/C24H21Cl2NO3/c25-17-6-1-15(2-7-17)3-14-21(29)22-23(16-4-12-20(28)13-5-16)27(24(22)30)19-10-8-18(26)9-11-19/h1-2,4-13,21-23,28-29H,3,14H2/t21-,22?,23?/m1/s1. The number of hydrogen-bond acceptors (Lipinski definition) is 3. The number of halogens is 2. The zero-order chi connectivity index (χ0) is 21.3. The summed E-state index contributed by atoms with van der Waals surface area (Å²) in [6, 6.07) is 21.0. The Morgan fingerprint density at radius 2 is 1.43 bits per heavy atom. The number of hydrogen-bond donors (Lipinski definition) is 2. The minimum absolute atomic E-state index is 0.126. The normalized spacial score (nSPS) is 19.4. The quantitative estimate of drug-likeness (QED) is 0.503. The van der Waals surface area contributed by atoms with Gasteiger partial charge in [0, 0.05) is 15.7 Å². The van der Waals surface area contributed by atoms with E-state index in [9.17, 15) is 15.0 Å². The van der Waals surface area contributed by atoms with Gasteiger partial charge in [-0.2, -0.15) is 0 Å². The number of carbonyl (C=O) groups is 1. The van der Waals surface area contributed by atoms with Crippen molar-refractivity contribution in [2.45, 2.75) is 25.0 Å². The second kappa shape index (κ2) is 8.68. The largest absolute Gasteiger partial charge is 0.508 e. The summed E-state index contributed by atoms with van der Waals surface area (Å²) in [7, 11) is 0. The third kappa shape index (κ3) is 4.17. The molecule has 6 heteroatoms. The summed E-state index contributed by atoms with van der Waals surface area (Å²) < 4.78 is 0. The van der Waals surface area contributed by atoms with Crippen LogP contribution in [0, 0.1) is 5.92 Å². The van der Waals surface area contributed by atoms with E-state index in [0.29, 0.717) is 22.9 Å². The molecule has 0 aromatic heterocycles. The lowest BCUT2D eigenvalue weighted by molar-refractivity contribution is -0.136. The Morgan fingerprint density at radius 1 is 0.867 bits per heavy atom. The van der Waals surface area contributed by atoms with Gasteiger partial charge in [-0.1, -0.05) is 47.5 Å². The Kier molecular flexibility index (Phi) is 6.00. The van der Waals surface area contributed by atoms with Crippen molar-refractivity contribution in [3.05, 3.63) is 94.0 Å². The second-order valence-electron chi connectivity index (χ2n) is 7.48. The van der Waals surface area contributed by atoms with Crippen LogP contribution in [-0.2, 0) is 11.2 Å². The predicted octanol–water partition coefficient (Wildman–Crippen LogP) is 5.40. The number of rotatable bonds is 6. The first-order chi connectivity index (χ1) is 14.4. The summed E-state index contributed by atoms with van der Waals surface area (Å²) in [6.45, 7) is 0. The average Bonchev–Trinajstić information content (AvgIpc) is 2.74. The molecule has 4 rings (SSSR count). The van der Waals surface area contributed by atoms with Crippen LogP contribution >= 0.6 is 23.2 Å². The fourth-order valence-corrected chi connectivity index (χ4v) is 4.20. The van der Waals surface area contributed by atoms with Crippen LogP contribution in [0.4, 0.5) is 5.69 Å². The number of aryl methyl sites for hydroxylation is 1. The topological polar surface area (TPSA) is 60.8 Å². The number of aliphatic hydroxyl groups excluding tert-OH is 1. The van der Waals surface area contributed by atoms with E-state index in [0.717, 1.165) is 16.8 Å². The second-order valence-corrected chi connectivity index (χ2v) is 8.35. The molecule has 1 aliphatic heterocycles. The molecule has 154 valence electrons. The molecule has 0 aliphatic carbocycles. The molecule has 0 saturated carbocycles. The number of aromatic hydroxyl groups is 1. The Morgan fingerprint density at radius 3 is 2.03 bits per heavy atom. The van der Waals surface area contributed by atoms with Crippen molar-refractivity contribution in [2.75, 3.05) is 4.90 Å². The highest BCUT2D eigenvalue weighted by atomic mass is 35.5. The van der Waals surface area contributed by atoms with Crippen molar-refractivity contribution in [3.8, 4) is 5.75 Å². The molecule has 3 aromatic rings. The molecule has 4 nitrogen and oxygen atoms in total. The predicted molar refractivity (Wildman–Crippen MR) is 119 cm³/mol. The third-order valence-corrected chi connectivity index (χ3v) is 6.04. The number of nitrogens with zero attached hydrogens (tertiary/aromatic N) is 1. The van der Waals surface area contributed by atoms with Gasteiger partial charge in [0.2, 0.25) is 5.91 Å². The van der Waals surface area contributed by atoms with Crippen molar-refractivity contribution in [2.24, 2.45) is 5.92 Å². The first-order valence-electron chi connectivity index (χ1n) is 9.74. The number of amides is 1. The lowest BCUT2D eigenvalue weighted by Gasteiger charge is -2.49.